The largest absolute Gasteiger partial charge is 0.356 e. The molecule has 0 aliphatic rings. The molecule has 0 saturated carbocycles. The van der Waals surface area contributed by atoms with E-state index >= 15 is 0 Å². The molecule has 2 N–H and O–H groups in total. The van der Waals surface area contributed by atoms with Gasteiger partial charge in [-0.2, -0.15) is 0 Å². The number of hydrogen-bond donors (Lipinski definition) is 2. The van der Waals surface area contributed by atoms with Crippen molar-refractivity contribution in [1.29, 1.82) is 0 Å². The molecule has 0 bridgehead atoms. The molecule has 4 nitrogen and oxygen atoms in total. The fourth-order valence-electron chi connectivity index (χ4n) is 1.98. The van der Waals surface area contributed by atoms with E-state index in [0.717, 1.165) is 11.0 Å². The Kier molecular flexibility index (Phi) is 3.81. The number of aromatic nitrogens is 2. The Morgan fingerprint density at radius 2 is 2.28 bits per heavy atom. The molecular formula is C13H17N3OS. The lowest BCUT2D eigenvalue weighted by Gasteiger charge is -2.05. The SMILES string of the molecule is CCNC(=O)CCn1c(=S)[nH]c2ccc(C)cc21. The molecule has 5 heteroatoms. The zero-order chi connectivity index (χ0) is 13.1. The molecule has 96 valence electrons. The van der Waals surface area contributed by atoms with Gasteiger partial charge in [-0.25, -0.2) is 0 Å². The van der Waals surface area contributed by atoms with Gasteiger partial charge in [-0.15, -0.1) is 0 Å². The van der Waals surface area contributed by atoms with E-state index in [4.69, 9.17) is 12.2 Å². The third-order valence-corrected chi connectivity index (χ3v) is 3.19. The first kappa shape index (κ1) is 12.8. The topological polar surface area (TPSA) is 49.8 Å². The van der Waals surface area contributed by atoms with Crippen molar-refractivity contribution in [2.45, 2.75) is 26.8 Å². The van der Waals surface area contributed by atoms with Crippen LogP contribution in [0.5, 0.6) is 0 Å². The molecule has 0 saturated heterocycles. The van der Waals surface area contributed by atoms with Crippen LogP contribution in [0, 0.1) is 11.7 Å². The normalized spacial score (nSPS) is 10.8. The molecule has 1 aromatic carbocycles. The van der Waals surface area contributed by atoms with Crippen LogP contribution in [0.3, 0.4) is 0 Å². The van der Waals surface area contributed by atoms with E-state index in [1.807, 2.05) is 30.5 Å². The Hall–Kier alpha value is -1.62. The molecule has 0 aliphatic carbocycles. The minimum Gasteiger partial charge on any atom is -0.356 e. The number of imidazole rings is 1. The van der Waals surface area contributed by atoms with Crippen LogP contribution in [0.1, 0.15) is 18.9 Å². The third-order valence-electron chi connectivity index (χ3n) is 2.87. The van der Waals surface area contributed by atoms with Crippen LogP contribution in [0.25, 0.3) is 11.0 Å². The lowest BCUT2D eigenvalue weighted by Crippen LogP contribution is -2.23. The van der Waals surface area contributed by atoms with Gasteiger partial charge in [0.2, 0.25) is 5.91 Å². The number of fused-ring (bicyclic) bond motifs is 1. The summed E-state index contributed by atoms with van der Waals surface area (Å²) in [6.07, 6.45) is 0.447. The van der Waals surface area contributed by atoms with Gasteiger partial charge in [-0.3, -0.25) is 4.79 Å². The first-order valence-electron chi connectivity index (χ1n) is 6.07. The van der Waals surface area contributed by atoms with E-state index in [1.54, 1.807) is 0 Å². The maximum Gasteiger partial charge on any atom is 0.221 e. The Labute approximate surface area is 111 Å². The van der Waals surface area contributed by atoms with E-state index in [0.29, 0.717) is 24.3 Å². The highest BCUT2D eigenvalue weighted by Gasteiger charge is 2.06. The van der Waals surface area contributed by atoms with E-state index in [-0.39, 0.29) is 5.91 Å². The van der Waals surface area contributed by atoms with Crippen LogP contribution in [-0.4, -0.2) is 22.0 Å². The number of carbonyl (C=O) groups excluding carboxylic acids is 1. The maximum absolute atomic E-state index is 11.5. The number of hydrogen-bond acceptors (Lipinski definition) is 2. The maximum atomic E-state index is 11.5. The number of aromatic amines is 1. The number of amides is 1. The van der Waals surface area contributed by atoms with Crippen molar-refractivity contribution in [1.82, 2.24) is 14.9 Å². The van der Waals surface area contributed by atoms with E-state index in [2.05, 4.69) is 16.4 Å². The second-order valence-electron chi connectivity index (χ2n) is 4.31. The van der Waals surface area contributed by atoms with E-state index in [9.17, 15) is 4.79 Å². The van der Waals surface area contributed by atoms with Crippen molar-refractivity contribution in [2.24, 2.45) is 0 Å². The second-order valence-corrected chi connectivity index (χ2v) is 4.69. The molecule has 1 amide bonds. The predicted molar refractivity (Wildman–Crippen MR) is 75.2 cm³/mol. The first-order valence-corrected chi connectivity index (χ1v) is 6.48. The minimum absolute atomic E-state index is 0.0569. The molecule has 2 rings (SSSR count). The van der Waals surface area contributed by atoms with Crippen LogP contribution in [-0.2, 0) is 11.3 Å². The van der Waals surface area contributed by atoms with Gasteiger partial charge in [-0.05, 0) is 43.8 Å². The van der Waals surface area contributed by atoms with Crippen molar-refractivity contribution < 1.29 is 4.79 Å². The number of carbonyl (C=O) groups is 1. The lowest BCUT2D eigenvalue weighted by atomic mass is 10.2. The number of benzene rings is 1. The van der Waals surface area contributed by atoms with Crippen molar-refractivity contribution in [2.75, 3.05) is 6.54 Å². The molecule has 0 aliphatic heterocycles. The Morgan fingerprint density at radius 3 is 3.00 bits per heavy atom. The number of nitrogens with one attached hydrogen (secondary N) is 2. The van der Waals surface area contributed by atoms with Gasteiger partial charge in [0.1, 0.15) is 0 Å². The summed E-state index contributed by atoms with van der Waals surface area (Å²) in [6.45, 7) is 5.23. The van der Waals surface area contributed by atoms with Crippen LogP contribution in [0.4, 0.5) is 0 Å². The van der Waals surface area contributed by atoms with Crippen LogP contribution < -0.4 is 5.32 Å². The fourth-order valence-corrected chi connectivity index (χ4v) is 2.28. The molecule has 2 aromatic rings. The monoisotopic (exact) mass is 263 g/mol. The summed E-state index contributed by atoms with van der Waals surface area (Å²) >= 11 is 5.29. The smallest absolute Gasteiger partial charge is 0.221 e. The lowest BCUT2D eigenvalue weighted by molar-refractivity contribution is -0.121. The molecule has 0 unspecified atom stereocenters. The summed E-state index contributed by atoms with van der Waals surface area (Å²) in [7, 11) is 0. The summed E-state index contributed by atoms with van der Waals surface area (Å²) in [5.41, 5.74) is 3.26. The highest BCUT2D eigenvalue weighted by molar-refractivity contribution is 7.71. The van der Waals surface area contributed by atoms with Gasteiger partial charge < -0.3 is 14.9 Å². The summed E-state index contributed by atoms with van der Waals surface area (Å²) in [4.78, 5) is 14.6. The third kappa shape index (κ3) is 2.61. The van der Waals surface area contributed by atoms with Gasteiger partial charge in [-0.1, -0.05) is 6.07 Å². The number of aryl methyl sites for hydroxylation is 2. The molecule has 0 fully saturated rings. The standard InChI is InChI=1S/C13H17N3OS/c1-3-14-12(17)6-7-16-11-8-9(2)4-5-10(11)15-13(16)18/h4-5,8H,3,6-7H2,1-2H3,(H,14,17)(H,15,18). The quantitative estimate of drug-likeness (QED) is 0.833. The molecule has 18 heavy (non-hydrogen) atoms. The van der Waals surface area contributed by atoms with Crippen LogP contribution in [0.15, 0.2) is 18.2 Å². The molecule has 0 radical (unpaired) electrons. The molecule has 0 spiro atoms. The molecule has 0 atom stereocenters. The Balaban J connectivity index is 2.27. The van der Waals surface area contributed by atoms with Crippen molar-refractivity contribution >= 4 is 29.2 Å². The fraction of sp³-hybridized carbons (Fsp3) is 0.385. The van der Waals surface area contributed by atoms with Gasteiger partial charge in [0, 0.05) is 19.5 Å². The van der Waals surface area contributed by atoms with Crippen molar-refractivity contribution in [3.63, 3.8) is 0 Å². The first-order chi connectivity index (χ1) is 8.61. The van der Waals surface area contributed by atoms with Crippen LogP contribution >= 0.6 is 12.2 Å². The van der Waals surface area contributed by atoms with Gasteiger partial charge in [0.25, 0.3) is 0 Å². The second kappa shape index (κ2) is 5.35. The highest BCUT2D eigenvalue weighted by Crippen LogP contribution is 2.16. The summed E-state index contributed by atoms with van der Waals surface area (Å²) in [6, 6.07) is 6.14. The number of H-pyrrole nitrogens is 1. The number of rotatable bonds is 4. The average molecular weight is 263 g/mol. The zero-order valence-electron chi connectivity index (χ0n) is 10.6. The van der Waals surface area contributed by atoms with Gasteiger partial charge in [0.15, 0.2) is 4.77 Å². The van der Waals surface area contributed by atoms with E-state index < -0.39 is 0 Å². The Morgan fingerprint density at radius 1 is 1.50 bits per heavy atom. The van der Waals surface area contributed by atoms with E-state index in [1.165, 1.54) is 5.56 Å². The summed E-state index contributed by atoms with van der Waals surface area (Å²) < 4.78 is 2.65. The molecule has 1 heterocycles. The highest BCUT2D eigenvalue weighted by atomic mass is 32.1. The molecule has 1 aromatic heterocycles. The van der Waals surface area contributed by atoms with Crippen LogP contribution in [0.2, 0.25) is 0 Å². The summed E-state index contributed by atoms with van der Waals surface area (Å²) in [5, 5.41) is 2.79. The van der Waals surface area contributed by atoms with Gasteiger partial charge >= 0.3 is 0 Å². The van der Waals surface area contributed by atoms with Crippen molar-refractivity contribution in [3.05, 3.63) is 28.5 Å². The minimum atomic E-state index is 0.0569. The van der Waals surface area contributed by atoms with Crippen molar-refractivity contribution in [3.8, 4) is 0 Å². The summed E-state index contributed by atoms with van der Waals surface area (Å²) in [5.74, 6) is 0.0569. The number of nitrogens with zero attached hydrogens (tertiary/aromatic N) is 1. The van der Waals surface area contributed by atoms with Gasteiger partial charge in [0.05, 0.1) is 11.0 Å². The zero-order valence-corrected chi connectivity index (χ0v) is 11.4. The Bertz CT molecular complexity index is 627. The predicted octanol–water partition coefficient (Wildman–Crippen LogP) is 2.53. The average Bonchev–Trinajstić information content (AvgIpc) is 2.62. The molecular weight excluding hydrogens is 246 g/mol.